The molecule has 0 radical (unpaired) electrons. The molecule has 8 nitrogen and oxygen atoms in total. The zero-order chi connectivity index (χ0) is 24.7. The standard InChI is InChI=1S/C27H34N6O2/c1-17(2)23-18(3)21-16-29-26(31-24(21)33(25(23)34)20-7-5-6-8-20)30-22-10-9-19(15-28-22)27(35)11-13-32(4)14-12-27/h9-10,15-16,20,35H,1,5-8,11-14H2,2-4H3,(H,28,29,30,31). The number of pyridine rings is 2. The molecule has 1 saturated heterocycles. The number of allylic oxidation sites excluding steroid dienone is 1. The Morgan fingerprint density at radius 2 is 1.89 bits per heavy atom. The van der Waals surface area contributed by atoms with E-state index >= 15 is 0 Å². The predicted molar refractivity (Wildman–Crippen MR) is 139 cm³/mol. The van der Waals surface area contributed by atoms with Crippen LogP contribution in [0.4, 0.5) is 11.8 Å². The van der Waals surface area contributed by atoms with Crippen LogP contribution in [0.5, 0.6) is 0 Å². The first kappa shape index (κ1) is 23.6. The largest absolute Gasteiger partial charge is 0.385 e. The molecule has 0 bridgehead atoms. The first-order chi connectivity index (χ1) is 16.8. The predicted octanol–water partition coefficient (Wildman–Crippen LogP) is 4.30. The summed E-state index contributed by atoms with van der Waals surface area (Å²) in [5, 5.41) is 15.1. The SMILES string of the molecule is C=C(C)c1c(C)c2cnc(Nc3ccc(C4(O)CCN(C)CC4)cn3)nc2n(C2CCCC2)c1=O. The lowest BCUT2D eigenvalue weighted by Gasteiger charge is -2.36. The minimum Gasteiger partial charge on any atom is -0.385 e. The summed E-state index contributed by atoms with van der Waals surface area (Å²) in [5.41, 5.74) is 2.91. The van der Waals surface area contributed by atoms with E-state index in [1.165, 1.54) is 0 Å². The van der Waals surface area contributed by atoms with Crippen LogP contribution in [-0.2, 0) is 5.60 Å². The van der Waals surface area contributed by atoms with Crippen LogP contribution in [0.2, 0.25) is 0 Å². The highest BCUT2D eigenvalue weighted by molar-refractivity contribution is 5.84. The number of hydrogen-bond acceptors (Lipinski definition) is 7. The van der Waals surface area contributed by atoms with Gasteiger partial charge in [-0.25, -0.2) is 9.97 Å². The number of fused-ring (bicyclic) bond motifs is 1. The van der Waals surface area contributed by atoms with Gasteiger partial charge < -0.3 is 15.3 Å². The van der Waals surface area contributed by atoms with Gasteiger partial charge in [-0.05, 0) is 63.8 Å². The number of hydrogen-bond donors (Lipinski definition) is 2. The van der Waals surface area contributed by atoms with Crippen molar-refractivity contribution in [2.45, 2.75) is 64.0 Å². The Balaban J connectivity index is 1.49. The Morgan fingerprint density at radius 3 is 2.51 bits per heavy atom. The third kappa shape index (κ3) is 4.36. The highest BCUT2D eigenvalue weighted by Crippen LogP contribution is 2.34. The third-order valence-corrected chi connectivity index (χ3v) is 7.68. The smallest absolute Gasteiger partial charge is 0.260 e. The number of nitrogens with one attached hydrogen (secondary N) is 1. The van der Waals surface area contributed by atoms with Crippen LogP contribution in [0.15, 0.2) is 35.9 Å². The second kappa shape index (κ2) is 9.17. The average Bonchev–Trinajstić information content (AvgIpc) is 3.36. The number of aliphatic hydroxyl groups is 1. The van der Waals surface area contributed by atoms with E-state index in [9.17, 15) is 9.90 Å². The fraction of sp³-hybridized carbons (Fsp3) is 0.481. The van der Waals surface area contributed by atoms with Gasteiger partial charge in [-0.2, -0.15) is 4.98 Å². The molecule has 2 fully saturated rings. The van der Waals surface area contributed by atoms with Gasteiger partial charge in [0.2, 0.25) is 5.95 Å². The van der Waals surface area contributed by atoms with Crippen LogP contribution in [0.1, 0.15) is 68.2 Å². The summed E-state index contributed by atoms with van der Waals surface area (Å²) < 4.78 is 1.86. The van der Waals surface area contributed by atoms with E-state index in [4.69, 9.17) is 4.98 Å². The van der Waals surface area contributed by atoms with Crippen molar-refractivity contribution in [2.24, 2.45) is 0 Å². The van der Waals surface area contributed by atoms with E-state index in [1.807, 2.05) is 30.5 Å². The molecule has 1 aliphatic heterocycles. The van der Waals surface area contributed by atoms with Gasteiger partial charge >= 0.3 is 0 Å². The van der Waals surface area contributed by atoms with Crippen molar-refractivity contribution in [3.63, 3.8) is 0 Å². The number of nitrogens with zero attached hydrogens (tertiary/aromatic N) is 5. The Hall–Kier alpha value is -3.10. The fourth-order valence-corrected chi connectivity index (χ4v) is 5.53. The number of piperidine rings is 1. The first-order valence-corrected chi connectivity index (χ1v) is 12.5. The lowest BCUT2D eigenvalue weighted by Crippen LogP contribution is -2.40. The molecule has 0 atom stereocenters. The number of aromatic nitrogens is 4. The molecule has 3 aromatic heterocycles. The molecule has 0 aromatic carbocycles. The van der Waals surface area contributed by atoms with Crippen molar-refractivity contribution < 1.29 is 5.11 Å². The normalized spacial score (nSPS) is 18.7. The molecule has 0 amide bonds. The lowest BCUT2D eigenvalue weighted by molar-refractivity contribution is -0.0205. The van der Waals surface area contributed by atoms with E-state index in [2.05, 4.69) is 33.8 Å². The van der Waals surface area contributed by atoms with E-state index in [-0.39, 0.29) is 11.6 Å². The van der Waals surface area contributed by atoms with Gasteiger partial charge in [0, 0.05) is 48.0 Å². The summed E-state index contributed by atoms with van der Waals surface area (Å²) in [6.45, 7) is 9.58. The first-order valence-electron chi connectivity index (χ1n) is 12.5. The molecule has 2 N–H and O–H groups in total. The van der Waals surface area contributed by atoms with E-state index < -0.39 is 5.60 Å². The summed E-state index contributed by atoms with van der Waals surface area (Å²) in [6, 6.07) is 3.90. The fourth-order valence-electron chi connectivity index (χ4n) is 5.53. The van der Waals surface area contributed by atoms with Gasteiger partial charge in [0.1, 0.15) is 11.5 Å². The van der Waals surface area contributed by atoms with Crippen molar-refractivity contribution in [2.75, 3.05) is 25.5 Å². The van der Waals surface area contributed by atoms with Gasteiger partial charge in [0.05, 0.1) is 5.60 Å². The number of aryl methyl sites for hydroxylation is 1. The second-order valence-electron chi connectivity index (χ2n) is 10.2. The van der Waals surface area contributed by atoms with E-state index in [0.717, 1.165) is 60.9 Å². The van der Waals surface area contributed by atoms with Crippen molar-refractivity contribution in [3.05, 3.63) is 58.1 Å². The monoisotopic (exact) mass is 474 g/mol. The topological polar surface area (TPSA) is 96.2 Å². The van der Waals surface area contributed by atoms with Gasteiger partial charge in [-0.15, -0.1) is 0 Å². The molecular weight excluding hydrogens is 440 g/mol. The summed E-state index contributed by atoms with van der Waals surface area (Å²) >= 11 is 0. The Labute approximate surface area is 205 Å². The highest BCUT2D eigenvalue weighted by atomic mass is 16.3. The molecule has 1 aliphatic carbocycles. The molecule has 2 aliphatic rings. The molecule has 184 valence electrons. The van der Waals surface area contributed by atoms with Crippen LogP contribution >= 0.6 is 0 Å². The minimum atomic E-state index is -0.840. The van der Waals surface area contributed by atoms with Gasteiger partial charge in [0.25, 0.3) is 5.56 Å². The van der Waals surface area contributed by atoms with Gasteiger partial charge in [-0.3, -0.25) is 9.36 Å². The third-order valence-electron chi connectivity index (χ3n) is 7.68. The molecule has 5 rings (SSSR count). The van der Waals surface area contributed by atoms with Crippen LogP contribution < -0.4 is 10.9 Å². The Bertz CT molecular complexity index is 1320. The summed E-state index contributed by atoms with van der Waals surface area (Å²) in [6.07, 6.45) is 9.07. The van der Waals surface area contributed by atoms with Crippen molar-refractivity contribution in [1.82, 2.24) is 24.4 Å². The van der Waals surface area contributed by atoms with Crippen molar-refractivity contribution >= 4 is 28.4 Å². The van der Waals surface area contributed by atoms with Gasteiger partial charge in [0.15, 0.2) is 0 Å². The molecule has 0 unspecified atom stereocenters. The number of likely N-dealkylation sites (tertiary alicyclic amines) is 1. The van der Waals surface area contributed by atoms with Crippen LogP contribution in [-0.4, -0.2) is 49.7 Å². The van der Waals surface area contributed by atoms with Gasteiger partial charge in [-0.1, -0.05) is 25.5 Å². The van der Waals surface area contributed by atoms with Crippen molar-refractivity contribution in [1.29, 1.82) is 0 Å². The quantitative estimate of drug-likeness (QED) is 0.569. The number of rotatable bonds is 5. The number of anilines is 2. The second-order valence-corrected chi connectivity index (χ2v) is 10.2. The maximum absolute atomic E-state index is 13.5. The van der Waals surface area contributed by atoms with Crippen molar-refractivity contribution in [3.8, 4) is 0 Å². The molecule has 3 aromatic rings. The molecule has 1 saturated carbocycles. The maximum Gasteiger partial charge on any atom is 0.260 e. The molecular formula is C27H34N6O2. The van der Waals surface area contributed by atoms with Crippen LogP contribution in [0.25, 0.3) is 16.6 Å². The summed E-state index contributed by atoms with van der Waals surface area (Å²) in [4.78, 5) is 29.6. The zero-order valence-electron chi connectivity index (χ0n) is 20.8. The Morgan fingerprint density at radius 1 is 1.17 bits per heavy atom. The van der Waals surface area contributed by atoms with Crippen LogP contribution in [0.3, 0.4) is 0 Å². The molecule has 35 heavy (non-hydrogen) atoms. The minimum absolute atomic E-state index is 0.0205. The molecule has 4 heterocycles. The molecule has 8 heteroatoms. The summed E-state index contributed by atoms with van der Waals surface area (Å²) in [5.74, 6) is 0.985. The van der Waals surface area contributed by atoms with Crippen LogP contribution in [0, 0.1) is 6.92 Å². The Kier molecular flexibility index (Phi) is 6.19. The highest BCUT2D eigenvalue weighted by Gasteiger charge is 2.33. The molecule has 0 spiro atoms. The zero-order valence-corrected chi connectivity index (χ0v) is 20.8. The van der Waals surface area contributed by atoms with E-state index in [1.54, 1.807) is 12.4 Å². The average molecular weight is 475 g/mol. The van der Waals surface area contributed by atoms with E-state index in [0.29, 0.717) is 35.8 Å². The maximum atomic E-state index is 13.5. The lowest BCUT2D eigenvalue weighted by atomic mass is 9.85. The summed E-state index contributed by atoms with van der Waals surface area (Å²) in [7, 11) is 2.07.